The molecule has 1 atom stereocenters. The van der Waals surface area contributed by atoms with Crippen molar-refractivity contribution in [2.45, 2.75) is 26.3 Å². The van der Waals surface area contributed by atoms with E-state index in [1.807, 2.05) is 5.38 Å². The lowest BCUT2D eigenvalue weighted by Gasteiger charge is -2.07. The Balaban J connectivity index is 2.63. The number of nitriles is 1. The molecule has 1 heterocycles. The lowest BCUT2D eigenvalue weighted by molar-refractivity contribution is 0.585. The van der Waals surface area contributed by atoms with Crippen molar-refractivity contribution in [2.24, 2.45) is 0 Å². The third-order valence-corrected chi connectivity index (χ3v) is 2.62. The molecule has 0 aromatic carbocycles. The van der Waals surface area contributed by atoms with Crippen LogP contribution in [0.1, 0.15) is 30.6 Å². The number of hydrogen-bond acceptors (Lipinski definition) is 4. The quantitative estimate of drug-likeness (QED) is 0.798. The third-order valence-electron chi connectivity index (χ3n) is 1.75. The van der Waals surface area contributed by atoms with E-state index in [0.29, 0.717) is 6.42 Å². The minimum atomic E-state index is 0.286. The minimum Gasteiger partial charge on any atom is -0.309 e. The second-order valence-corrected chi connectivity index (χ2v) is 3.72. The van der Waals surface area contributed by atoms with Crippen LogP contribution in [-0.2, 0) is 6.42 Å². The lowest BCUT2D eigenvalue weighted by Crippen LogP contribution is -2.17. The maximum absolute atomic E-state index is 8.47. The number of nitrogens with zero attached hydrogens (tertiary/aromatic N) is 2. The highest BCUT2D eigenvalue weighted by atomic mass is 32.1. The molecule has 0 bridgehead atoms. The highest BCUT2D eigenvalue weighted by molar-refractivity contribution is 7.09. The van der Waals surface area contributed by atoms with E-state index in [1.165, 1.54) is 0 Å². The molecule has 1 aromatic rings. The Morgan fingerprint density at radius 3 is 3.15 bits per heavy atom. The smallest absolute Gasteiger partial charge is 0.107 e. The Morgan fingerprint density at radius 1 is 1.77 bits per heavy atom. The fraction of sp³-hybridized carbons (Fsp3) is 0.556. The average molecular weight is 195 g/mol. The second-order valence-electron chi connectivity index (χ2n) is 2.78. The molecule has 1 unspecified atom stereocenters. The van der Waals surface area contributed by atoms with E-state index in [-0.39, 0.29) is 6.04 Å². The van der Waals surface area contributed by atoms with Gasteiger partial charge in [-0.25, -0.2) is 4.98 Å². The Kier molecular flexibility index (Phi) is 3.87. The van der Waals surface area contributed by atoms with Gasteiger partial charge < -0.3 is 5.32 Å². The summed E-state index contributed by atoms with van der Waals surface area (Å²) >= 11 is 1.55. The average Bonchev–Trinajstić information content (AvgIpc) is 2.54. The predicted molar refractivity (Wildman–Crippen MR) is 53.5 cm³/mol. The van der Waals surface area contributed by atoms with Gasteiger partial charge in [-0.15, -0.1) is 11.3 Å². The number of aromatic nitrogens is 1. The first kappa shape index (κ1) is 10.2. The largest absolute Gasteiger partial charge is 0.309 e. The Morgan fingerprint density at radius 2 is 2.54 bits per heavy atom. The molecule has 4 heteroatoms. The van der Waals surface area contributed by atoms with E-state index >= 15 is 0 Å². The molecule has 0 aliphatic heterocycles. The summed E-state index contributed by atoms with van der Waals surface area (Å²) in [6.07, 6.45) is 0.420. The van der Waals surface area contributed by atoms with Crippen LogP contribution < -0.4 is 5.32 Å². The van der Waals surface area contributed by atoms with Crippen molar-refractivity contribution in [3.63, 3.8) is 0 Å². The molecule has 1 rings (SSSR count). The van der Waals surface area contributed by atoms with Gasteiger partial charge in [0.1, 0.15) is 5.01 Å². The number of nitrogens with one attached hydrogen (secondary N) is 1. The van der Waals surface area contributed by atoms with Gasteiger partial charge in [0.25, 0.3) is 0 Å². The van der Waals surface area contributed by atoms with Crippen LogP contribution in [0.15, 0.2) is 5.38 Å². The summed E-state index contributed by atoms with van der Waals surface area (Å²) in [6.45, 7) is 5.08. The first-order chi connectivity index (χ1) is 6.27. The van der Waals surface area contributed by atoms with Gasteiger partial charge in [0.15, 0.2) is 0 Å². The van der Waals surface area contributed by atoms with Crippen LogP contribution in [-0.4, -0.2) is 11.5 Å². The van der Waals surface area contributed by atoms with Crippen molar-refractivity contribution in [3.05, 3.63) is 16.1 Å². The van der Waals surface area contributed by atoms with Crippen LogP contribution in [0.3, 0.4) is 0 Å². The van der Waals surface area contributed by atoms with Crippen LogP contribution in [0, 0.1) is 11.3 Å². The van der Waals surface area contributed by atoms with Crippen LogP contribution in [0.2, 0.25) is 0 Å². The van der Waals surface area contributed by atoms with Gasteiger partial charge in [-0.2, -0.15) is 5.26 Å². The first-order valence-corrected chi connectivity index (χ1v) is 5.20. The molecule has 0 saturated carbocycles. The summed E-state index contributed by atoms with van der Waals surface area (Å²) in [5.74, 6) is 0. The maximum atomic E-state index is 8.47. The molecule has 0 spiro atoms. The Hall–Kier alpha value is -0.920. The van der Waals surface area contributed by atoms with Crippen molar-refractivity contribution in [2.75, 3.05) is 6.54 Å². The fourth-order valence-electron chi connectivity index (χ4n) is 1.08. The molecular weight excluding hydrogens is 182 g/mol. The topological polar surface area (TPSA) is 48.7 Å². The van der Waals surface area contributed by atoms with E-state index in [2.05, 4.69) is 30.2 Å². The minimum absolute atomic E-state index is 0.286. The molecule has 0 fully saturated rings. The summed E-state index contributed by atoms with van der Waals surface area (Å²) in [6, 6.07) is 2.38. The summed E-state index contributed by atoms with van der Waals surface area (Å²) < 4.78 is 0. The van der Waals surface area contributed by atoms with Crippen LogP contribution in [0.5, 0.6) is 0 Å². The Bertz CT molecular complexity index is 300. The van der Waals surface area contributed by atoms with Gasteiger partial charge in [-0.05, 0) is 13.5 Å². The van der Waals surface area contributed by atoms with Gasteiger partial charge >= 0.3 is 0 Å². The van der Waals surface area contributed by atoms with E-state index in [4.69, 9.17) is 5.26 Å². The van der Waals surface area contributed by atoms with Crippen molar-refractivity contribution in [1.82, 2.24) is 10.3 Å². The highest BCUT2D eigenvalue weighted by Gasteiger charge is 2.07. The SMILES string of the molecule is CCNC(C)c1csc(CC#N)n1. The predicted octanol–water partition coefficient (Wildman–Crippen LogP) is 1.88. The van der Waals surface area contributed by atoms with E-state index < -0.39 is 0 Å². The summed E-state index contributed by atoms with van der Waals surface area (Å²) in [4.78, 5) is 4.35. The lowest BCUT2D eigenvalue weighted by atomic mass is 10.2. The van der Waals surface area contributed by atoms with Crippen LogP contribution >= 0.6 is 11.3 Å². The molecule has 0 radical (unpaired) electrons. The molecule has 13 heavy (non-hydrogen) atoms. The number of thiazole rings is 1. The zero-order chi connectivity index (χ0) is 9.68. The van der Waals surface area contributed by atoms with Crippen molar-refractivity contribution < 1.29 is 0 Å². The zero-order valence-corrected chi connectivity index (χ0v) is 8.69. The standard InChI is InChI=1S/C9H13N3S/c1-3-11-7(2)8-6-13-9(12-8)4-5-10/h6-7,11H,3-4H2,1-2H3. The molecule has 0 aliphatic rings. The number of rotatable bonds is 4. The molecule has 1 aromatic heterocycles. The van der Waals surface area contributed by atoms with Crippen molar-refractivity contribution in [1.29, 1.82) is 5.26 Å². The fourth-order valence-corrected chi connectivity index (χ4v) is 1.90. The Labute approximate surface area is 82.4 Å². The summed E-state index contributed by atoms with van der Waals surface area (Å²) in [5, 5.41) is 14.7. The molecule has 1 N–H and O–H groups in total. The van der Waals surface area contributed by atoms with E-state index in [9.17, 15) is 0 Å². The van der Waals surface area contributed by atoms with Crippen LogP contribution in [0.25, 0.3) is 0 Å². The van der Waals surface area contributed by atoms with Crippen molar-refractivity contribution in [3.8, 4) is 6.07 Å². The van der Waals surface area contributed by atoms with Gasteiger partial charge in [0, 0.05) is 11.4 Å². The second kappa shape index (κ2) is 4.95. The number of hydrogen-bond donors (Lipinski definition) is 1. The summed E-state index contributed by atoms with van der Waals surface area (Å²) in [5.41, 5.74) is 1.04. The van der Waals surface area contributed by atoms with Crippen molar-refractivity contribution >= 4 is 11.3 Å². The molecular formula is C9H13N3S. The van der Waals surface area contributed by atoms with E-state index in [1.54, 1.807) is 11.3 Å². The monoisotopic (exact) mass is 195 g/mol. The molecule has 3 nitrogen and oxygen atoms in total. The third kappa shape index (κ3) is 2.79. The summed E-state index contributed by atoms with van der Waals surface area (Å²) in [7, 11) is 0. The zero-order valence-electron chi connectivity index (χ0n) is 7.87. The molecule has 0 amide bonds. The van der Waals surface area contributed by atoms with Gasteiger partial charge in [-0.3, -0.25) is 0 Å². The normalized spacial score (nSPS) is 12.4. The van der Waals surface area contributed by atoms with Gasteiger partial charge in [0.05, 0.1) is 18.2 Å². The molecule has 70 valence electrons. The van der Waals surface area contributed by atoms with Gasteiger partial charge in [0.2, 0.25) is 0 Å². The molecule has 0 aliphatic carbocycles. The van der Waals surface area contributed by atoms with Gasteiger partial charge in [-0.1, -0.05) is 6.92 Å². The highest BCUT2D eigenvalue weighted by Crippen LogP contribution is 2.16. The maximum Gasteiger partial charge on any atom is 0.107 e. The molecule has 0 saturated heterocycles. The van der Waals surface area contributed by atoms with Crippen LogP contribution in [0.4, 0.5) is 0 Å². The first-order valence-electron chi connectivity index (χ1n) is 4.32. The van der Waals surface area contributed by atoms with E-state index in [0.717, 1.165) is 17.2 Å².